The largest absolute Gasteiger partial charge is 0.324 e. The maximum absolute atomic E-state index is 5.96. The van der Waals surface area contributed by atoms with Crippen molar-refractivity contribution < 1.29 is 0 Å². The molecule has 0 aliphatic rings. The molecule has 94 valence electrons. The van der Waals surface area contributed by atoms with Crippen LogP contribution in [0.1, 0.15) is 18.5 Å². The zero-order chi connectivity index (χ0) is 13.2. The van der Waals surface area contributed by atoms with Crippen molar-refractivity contribution in [3.8, 4) is 11.1 Å². The molecule has 1 unspecified atom stereocenters. The molecule has 2 aromatic carbocycles. The average Bonchev–Trinajstić information content (AvgIpc) is 2.47. The summed E-state index contributed by atoms with van der Waals surface area (Å²) >= 11 is 0. The number of pyridine rings is 1. The van der Waals surface area contributed by atoms with Crippen LogP contribution in [0.4, 0.5) is 0 Å². The quantitative estimate of drug-likeness (QED) is 0.746. The molecule has 0 fully saturated rings. The Balaban J connectivity index is 2.22. The van der Waals surface area contributed by atoms with Crippen LogP contribution >= 0.6 is 0 Å². The van der Waals surface area contributed by atoms with Crippen molar-refractivity contribution in [2.75, 3.05) is 0 Å². The summed E-state index contributed by atoms with van der Waals surface area (Å²) in [6.45, 7) is 2.00. The van der Waals surface area contributed by atoms with E-state index >= 15 is 0 Å². The van der Waals surface area contributed by atoms with E-state index < -0.39 is 0 Å². The minimum absolute atomic E-state index is 0.0443. The van der Waals surface area contributed by atoms with Gasteiger partial charge < -0.3 is 5.73 Å². The van der Waals surface area contributed by atoms with Crippen LogP contribution in [0.5, 0.6) is 0 Å². The predicted octanol–water partition coefficient (Wildman–Crippen LogP) is 3.92. The van der Waals surface area contributed by atoms with Gasteiger partial charge in [0.05, 0.1) is 0 Å². The van der Waals surface area contributed by atoms with Crippen molar-refractivity contribution in [1.82, 2.24) is 4.98 Å². The van der Waals surface area contributed by atoms with E-state index in [0.29, 0.717) is 0 Å². The van der Waals surface area contributed by atoms with Gasteiger partial charge in [0.15, 0.2) is 0 Å². The van der Waals surface area contributed by atoms with Crippen LogP contribution in [-0.4, -0.2) is 4.98 Å². The van der Waals surface area contributed by atoms with Crippen molar-refractivity contribution >= 4 is 10.8 Å². The van der Waals surface area contributed by atoms with Crippen molar-refractivity contribution in [3.05, 3.63) is 66.5 Å². The van der Waals surface area contributed by atoms with Crippen molar-refractivity contribution in [2.45, 2.75) is 13.0 Å². The first-order valence-corrected chi connectivity index (χ1v) is 6.44. The first kappa shape index (κ1) is 11.9. The number of nitrogens with zero attached hydrogens (tertiary/aromatic N) is 1. The normalized spacial score (nSPS) is 12.5. The fourth-order valence-corrected chi connectivity index (χ4v) is 2.34. The van der Waals surface area contributed by atoms with Gasteiger partial charge in [0.2, 0.25) is 0 Å². The highest BCUT2D eigenvalue weighted by atomic mass is 14.6. The third-order valence-corrected chi connectivity index (χ3v) is 3.39. The van der Waals surface area contributed by atoms with Gasteiger partial charge >= 0.3 is 0 Å². The summed E-state index contributed by atoms with van der Waals surface area (Å²) in [7, 11) is 0. The highest BCUT2D eigenvalue weighted by Gasteiger charge is 2.06. The summed E-state index contributed by atoms with van der Waals surface area (Å²) in [6, 6.07) is 16.7. The first-order chi connectivity index (χ1) is 9.25. The molecule has 19 heavy (non-hydrogen) atoms. The lowest BCUT2D eigenvalue weighted by atomic mass is 9.98. The fraction of sp³-hybridized carbons (Fsp3) is 0.118. The van der Waals surface area contributed by atoms with Gasteiger partial charge in [0, 0.05) is 29.4 Å². The van der Waals surface area contributed by atoms with E-state index in [9.17, 15) is 0 Å². The van der Waals surface area contributed by atoms with E-state index in [4.69, 9.17) is 5.73 Å². The number of fused-ring (bicyclic) bond motifs is 1. The standard InChI is InChI=1S/C17H16N2/c1-12(18)13-6-4-7-14(9-13)17-11-19-10-15-5-2-3-8-16(15)17/h2-12H,18H2,1H3. The van der Waals surface area contributed by atoms with Crippen LogP contribution in [0.15, 0.2) is 60.9 Å². The van der Waals surface area contributed by atoms with Crippen molar-refractivity contribution in [2.24, 2.45) is 5.73 Å². The number of aromatic nitrogens is 1. The van der Waals surface area contributed by atoms with Crippen LogP contribution in [0, 0.1) is 0 Å². The average molecular weight is 248 g/mol. The van der Waals surface area contributed by atoms with Crippen molar-refractivity contribution in [1.29, 1.82) is 0 Å². The molecular weight excluding hydrogens is 232 g/mol. The summed E-state index contributed by atoms with van der Waals surface area (Å²) < 4.78 is 0. The number of benzene rings is 2. The second kappa shape index (κ2) is 4.82. The van der Waals surface area contributed by atoms with Gasteiger partial charge in [0.25, 0.3) is 0 Å². The number of nitrogens with two attached hydrogens (primary N) is 1. The van der Waals surface area contributed by atoms with E-state index in [2.05, 4.69) is 47.4 Å². The minimum atomic E-state index is 0.0443. The Hall–Kier alpha value is -2.19. The lowest BCUT2D eigenvalue weighted by Crippen LogP contribution is -2.04. The molecule has 2 nitrogen and oxygen atoms in total. The molecule has 0 aliphatic carbocycles. The highest BCUT2D eigenvalue weighted by molar-refractivity contribution is 5.95. The second-order valence-electron chi connectivity index (χ2n) is 4.82. The molecule has 0 spiro atoms. The molecule has 0 saturated heterocycles. The highest BCUT2D eigenvalue weighted by Crippen LogP contribution is 2.28. The number of rotatable bonds is 2. The molecule has 1 aromatic heterocycles. The first-order valence-electron chi connectivity index (χ1n) is 6.44. The van der Waals surface area contributed by atoms with Gasteiger partial charge in [-0.1, -0.05) is 42.5 Å². The van der Waals surface area contributed by atoms with E-state index in [1.165, 1.54) is 10.9 Å². The molecule has 0 amide bonds. The topological polar surface area (TPSA) is 38.9 Å². The second-order valence-corrected chi connectivity index (χ2v) is 4.82. The zero-order valence-electron chi connectivity index (χ0n) is 10.9. The van der Waals surface area contributed by atoms with Gasteiger partial charge in [-0.15, -0.1) is 0 Å². The summed E-state index contributed by atoms with van der Waals surface area (Å²) in [5.41, 5.74) is 9.42. The molecule has 0 aliphatic heterocycles. The van der Waals surface area contributed by atoms with Gasteiger partial charge in [-0.2, -0.15) is 0 Å². The van der Waals surface area contributed by atoms with Gasteiger partial charge in [-0.25, -0.2) is 0 Å². The van der Waals surface area contributed by atoms with Crippen molar-refractivity contribution in [3.63, 3.8) is 0 Å². The Morgan fingerprint density at radius 1 is 1.00 bits per heavy atom. The van der Waals surface area contributed by atoms with E-state index in [0.717, 1.165) is 16.5 Å². The number of hydrogen-bond donors (Lipinski definition) is 1. The minimum Gasteiger partial charge on any atom is -0.324 e. The SMILES string of the molecule is CC(N)c1cccc(-c2cncc3ccccc23)c1. The molecule has 1 atom stereocenters. The third-order valence-electron chi connectivity index (χ3n) is 3.39. The van der Waals surface area contributed by atoms with E-state index in [-0.39, 0.29) is 6.04 Å². The van der Waals surface area contributed by atoms with Crippen LogP contribution in [-0.2, 0) is 0 Å². The maximum atomic E-state index is 5.96. The maximum Gasteiger partial charge on any atom is 0.0352 e. The Bertz CT molecular complexity index is 712. The molecule has 0 radical (unpaired) electrons. The molecule has 2 heteroatoms. The summed E-state index contributed by atoms with van der Waals surface area (Å²) in [4.78, 5) is 4.33. The molecule has 0 bridgehead atoms. The van der Waals surface area contributed by atoms with Crippen LogP contribution in [0.3, 0.4) is 0 Å². The molecular formula is C17H16N2. The van der Waals surface area contributed by atoms with E-state index in [1.807, 2.05) is 25.4 Å². The zero-order valence-corrected chi connectivity index (χ0v) is 10.9. The molecule has 3 rings (SSSR count). The van der Waals surface area contributed by atoms with Crippen LogP contribution < -0.4 is 5.73 Å². The summed E-state index contributed by atoms with van der Waals surface area (Å²) in [5.74, 6) is 0. The Kier molecular flexibility index (Phi) is 3.02. The lowest BCUT2D eigenvalue weighted by Gasteiger charge is -2.10. The number of hydrogen-bond acceptors (Lipinski definition) is 2. The Morgan fingerprint density at radius 2 is 1.84 bits per heavy atom. The van der Waals surface area contributed by atoms with Crippen LogP contribution in [0.2, 0.25) is 0 Å². The predicted molar refractivity (Wildman–Crippen MR) is 79.8 cm³/mol. The fourth-order valence-electron chi connectivity index (χ4n) is 2.34. The third kappa shape index (κ3) is 2.23. The van der Waals surface area contributed by atoms with Gasteiger partial charge in [0.1, 0.15) is 0 Å². The van der Waals surface area contributed by atoms with E-state index in [1.54, 1.807) is 0 Å². The molecule has 3 aromatic rings. The van der Waals surface area contributed by atoms with Gasteiger partial charge in [-0.05, 0) is 29.5 Å². The summed E-state index contributed by atoms with van der Waals surface area (Å²) in [6.07, 6.45) is 3.82. The Labute approximate surface area is 112 Å². The summed E-state index contributed by atoms with van der Waals surface area (Å²) in [5, 5.41) is 2.38. The smallest absolute Gasteiger partial charge is 0.0352 e. The van der Waals surface area contributed by atoms with Crippen LogP contribution in [0.25, 0.3) is 21.9 Å². The molecule has 2 N–H and O–H groups in total. The molecule has 1 heterocycles. The lowest BCUT2D eigenvalue weighted by molar-refractivity contribution is 0.819. The Morgan fingerprint density at radius 3 is 2.68 bits per heavy atom. The molecule has 0 saturated carbocycles. The van der Waals surface area contributed by atoms with Gasteiger partial charge in [-0.3, -0.25) is 4.98 Å². The monoisotopic (exact) mass is 248 g/mol.